The van der Waals surface area contributed by atoms with Crippen molar-refractivity contribution in [2.24, 2.45) is 0 Å². The van der Waals surface area contributed by atoms with Crippen LogP contribution in [0.15, 0.2) is 12.4 Å². The summed E-state index contributed by atoms with van der Waals surface area (Å²) < 4.78 is 0. The fraction of sp³-hybridized carbons (Fsp3) is 0.667. The summed E-state index contributed by atoms with van der Waals surface area (Å²) in [4.78, 5) is 21.8. The molecule has 0 amide bonds. The number of aliphatic carboxylic acids is 1. The zero-order chi connectivity index (χ0) is 14.8. The molecule has 5 nitrogen and oxygen atoms in total. The van der Waals surface area contributed by atoms with E-state index < -0.39 is 5.97 Å². The van der Waals surface area contributed by atoms with Crippen LogP contribution < -0.4 is 4.90 Å². The van der Waals surface area contributed by atoms with Crippen LogP contribution in [0, 0.1) is 0 Å². The first-order chi connectivity index (χ1) is 9.38. The molecule has 1 aliphatic rings. The zero-order valence-electron chi connectivity index (χ0n) is 12.5. The van der Waals surface area contributed by atoms with E-state index in [1.807, 2.05) is 6.07 Å². The van der Waals surface area contributed by atoms with Gasteiger partial charge in [-0.25, -0.2) is 9.97 Å². The quantitative estimate of drug-likeness (QED) is 0.920. The number of hydrogen-bond acceptors (Lipinski definition) is 4. The second-order valence-electron chi connectivity index (χ2n) is 6.45. The summed E-state index contributed by atoms with van der Waals surface area (Å²) in [6.45, 7) is 7.22. The lowest BCUT2D eigenvalue weighted by Crippen LogP contribution is -2.41. The third kappa shape index (κ3) is 3.46. The van der Waals surface area contributed by atoms with Crippen LogP contribution in [0.25, 0.3) is 0 Å². The van der Waals surface area contributed by atoms with Crippen LogP contribution in [0.5, 0.6) is 0 Å². The van der Waals surface area contributed by atoms with Gasteiger partial charge in [0.1, 0.15) is 12.1 Å². The van der Waals surface area contributed by atoms with Gasteiger partial charge in [-0.1, -0.05) is 20.8 Å². The van der Waals surface area contributed by atoms with Crippen molar-refractivity contribution in [1.29, 1.82) is 0 Å². The van der Waals surface area contributed by atoms with Crippen molar-refractivity contribution in [3.63, 3.8) is 0 Å². The lowest BCUT2D eigenvalue weighted by atomic mass is 9.91. The Bertz CT molecular complexity index is 482. The fourth-order valence-electron chi connectivity index (χ4n) is 2.63. The summed E-state index contributed by atoms with van der Waals surface area (Å²) >= 11 is 0. The van der Waals surface area contributed by atoms with Gasteiger partial charge < -0.3 is 10.0 Å². The average molecular weight is 277 g/mol. The highest BCUT2D eigenvalue weighted by Gasteiger charge is 2.27. The van der Waals surface area contributed by atoms with Crippen LogP contribution in [0.1, 0.15) is 52.1 Å². The van der Waals surface area contributed by atoms with E-state index in [0.29, 0.717) is 0 Å². The van der Waals surface area contributed by atoms with Crippen LogP contribution in [-0.2, 0) is 10.2 Å². The number of piperidine rings is 1. The van der Waals surface area contributed by atoms with E-state index in [1.54, 1.807) is 6.33 Å². The van der Waals surface area contributed by atoms with E-state index in [1.165, 1.54) is 0 Å². The summed E-state index contributed by atoms with van der Waals surface area (Å²) in [7, 11) is 0. The van der Waals surface area contributed by atoms with Gasteiger partial charge in [0.25, 0.3) is 0 Å². The summed E-state index contributed by atoms with van der Waals surface area (Å²) in [5.41, 5.74) is 0.956. The molecule has 20 heavy (non-hydrogen) atoms. The summed E-state index contributed by atoms with van der Waals surface area (Å²) in [6, 6.07) is 2.05. The van der Waals surface area contributed by atoms with Gasteiger partial charge >= 0.3 is 5.97 Å². The number of rotatable bonds is 3. The maximum atomic E-state index is 11.0. The smallest absolute Gasteiger partial charge is 0.305 e. The minimum absolute atomic E-state index is 0.0320. The largest absolute Gasteiger partial charge is 0.481 e. The first kappa shape index (κ1) is 14.8. The number of anilines is 1. The van der Waals surface area contributed by atoms with E-state index in [9.17, 15) is 4.79 Å². The molecular formula is C15H23N3O2. The minimum atomic E-state index is -0.744. The number of nitrogens with zero attached hydrogens (tertiary/aromatic N) is 3. The zero-order valence-corrected chi connectivity index (χ0v) is 12.5. The van der Waals surface area contributed by atoms with Gasteiger partial charge in [-0.2, -0.15) is 0 Å². The number of hydrogen-bond donors (Lipinski definition) is 1. The van der Waals surface area contributed by atoms with Crippen LogP contribution in [0.4, 0.5) is 5.82 Å². The van der Waals surface area contributed by atoms with E-state index in [-0.39, 0.29) is 17.9 Å². The highest BCUT2D eigenvalue weighted by Crippen LogP contribution is 2.28. The maximum absolute atomic E-state index is 11.0. The maximum Gasteiger partial charge on any atom is 0.305 e. The Hall–Kier alpha value is -1.65. The molecule has 1 atom stereocenters. The first-order valence-electron chi connectivity index (χ1n) is 7.19. The molecule has 1 fully saturated rings. The molecule has 0 radical (unpaired) electrons. The molecule has 2 heterocycles. The van der Waals surface area contributed by atoms with Crippen LogP contribution in [0.2, 0.25) is 0 Å². The van der Waals surface area contributed by atoms with E-state index in [0.717, 1.165) is 37.3 Å². The van der Waals surface area contributed by atoms with Gasteiger partial charge in [-0.05, 0) is 19.3 Å². The molecule has 0 bridgehead atoms. The summed E-state index contributed by atoms with van der Waals surface area (Å²) in [5, 5.41) is 9.05. The lowest BCUT2D eigenvalue weighted by Gasteiger charge is -2.36. The van der Waals surface area contributed by atoms with Gasteiger partial charge in [0.05, 0.1) is 12.1 Å². The van der Waals surface area contributed by atoms with Crippen molar-refractivity contribution >= 4 is 11.8 Å². The summed E-state index contributed by atoms with van der Waals surface area (Å²) in [6.07, 6.45) is 4.86. The van der Waals surface area contributed by atoms with Gasteiger partial charge in [0.2, 0.25) is 0 Å². The van der Waals surface area contributed by atoms with Crippen LogP contribution >= 0.6 is 0 Å². The van der Waals surface area contributed by atoms with Crippen molar-refractivity contribution in [3.05, 3.63) is 18.1 Å². The Morgan fingerprint density at radius 1 is 1.40 bits per heavy atom. The Labute approximate surface area is 120 Å². The predicted octanol–water partition coefficient (Wildman–Crippen LogP) is 2.61. The molecule has 5 heteroatoms. The molecular weight excluding hydrogens is 254 g/mol. The van der Waals surface area contributed by atoms with E-state index >= 15 is 0 Å². The SMILES string of the molecule is CC(C)(C)c1cc(N2CCCCC2CC(=O)O)ncn1. The van der Waals surface area contributed by atoms with Crippen molar-refractivity contribution in [3.8, 4) is 0 Å². The average Bonchev–Trinajstić information content (AvgIpc) is 2.38. The van der Waals surface area contributed by atoms with Gasteiger partial charge in [-0.3, -0.25) is 4.79 Å². The Morgan fingerprint density at radius 2 is 2.15 bits per heavy atom. The Kier molecular flexibility index (Phi) is 4.26. The minimum Gasteiger partial charge on any atom is -0.481 e. The second-order valence-corrected chi connectivity index (χ2v) is 6.45. The molecule has 1 aromatic heterocycles. The molecule has 0 aromatic carbocycles. The highest BCUT2D eigenvalue weighted by atomic mass is 16.4. The molecule has 1 unspecified atom stereocenters. The summed E-state index contributed by atoms with van der Waals surface area (Å²) in [5.74, 6) is 0.114. The lowest BCUT2D eigenvalue weighted by molar-refractivity contribution is -0.137. The van der Waals surface area contributed by atoms with Crippen LogP contribution in [-0.4, -0.2) is 33.6 Å². The fourth-order valence-corrected chi connectivity index (χ4v) is 2.63. The molecule has 110 valence electrons. The highest BCUT2D eigenvalue weighted by molar-refractivity contribution is 5.68. The third-order valence-corrected chi connectivity index (χ3v) is 3.75. The van der Waals surface area contributed by atoms with Crippen molar-refractivity contribution in [2.45, 2.75) is 57.9 Å². The standard InChI is InChI=1S/C15H23N3O2/c1-15(2,3)12-9-13(17-10-16-12)18-7-5-4-6-11(18)8-14(19)20/h9-11H,4-8H2,1-3H3,(H,19,20). The monoisotopic (exact) mass is 277 g/mol. The molecule has 0 aliphatic carbocycles. The van der Waals surface area contributed by atoms with Gasteiger partial charge in [0, 0.05) is 24.1 Å². The number of aromatic nitrogens is 2. The molecule has 1 aromatic rings. The number of carboxylic acid groups (broad SMARTS) is 1. The van der Waals surface area contributed by atoms with Gasteiger partial charge in [-0.15, -0.1) is 0 Å². The number of carbonyl (C=O) groups is 1. The van der Waals surface area contributed by atoms with Gasteiger partial charge in [0.15, 0.2) is 0 Å². The van der Waals surface area contributed by atoms with E-state index in [4.69, 9.17) is 5.11 Å². The molecule has 0 saturated carbocycles. The Balaban J connectivity index is 2.26. The molecule has 0 spiro atoms. The van der Waals surface area contributed by atoms with Crippen molar-refractivity contribution in [2.75, 3.05) is 11.4 Å². The first-order valence-corrected chi connectivity index (χ1v) is 7.19. The normalized spacial score (nSPS) is 19.9. The number of carboxylic acids is 1. The van der Waals surface area contributed by atoms with Crippen molar-refractivity contribution in [1.82, 2.24) is 9.97 Å². The van der Waals surface area contributed by atoms with Crippen LogP contribution in [0.3, 0.4) is 0 Å². The molecule has 1 aliphatic heterocycles. The predicted molar refractivity (Wildman–Crippen MR) is 78.0 cm³/mol. The van der Waals surface area contributed by atoms with Crippen molar-refractivity contribution < 1.29 is 9.90 Å². The molecule has 2 rings (SSSR count). The molecule has 1 N–H and O–H groups in total. The topological polar surface area (TPSA) is 66.3 Å². The molecule has 1 saturated heterocycles. The second kappa shape index (κ2) is 5.77. The Morgan fingerprint density at radius 3 is 2.80 bits per heavy atom. The third-order valence-electron chi connectivity index (χ3n) is 3.75. The van der Waals surface area contributed by atoms with E-state index in [2.05, 4.69) is 35.6 Å².